The molecule has 1 fully saturated rings. The zero-order chi connectivity index (χ0) is 10.8. The zero-order valence-corrected chi connectivity index (χ0v) is 10.2. The number of aliphatic hydroxyl groups excluding tert-OH is 1. The smallest absolute Gasteiger partial charge is 0.0931 e. The van der Waals surface area contributed by atoms with E-state index < -0.39 is 6.10 Å². The molecule has 2 unspecified atom stereocenters. The first kappa shape index (κ1) is 11.4. The Morgan fingerprint density at radius 2 is 2.33 bits per heavy atom. The predicted octanol–water partition coefficient (Wildman–Crippen LogP) is 2.73. The molecule has 0 amide bonds. The van der Waals surface area contributed by atoms with Gasteiger partial charge in [-0.3, -0.25) is 0 Å². The Hall–Kier alpha value is -0.0900. The summed E-state index contributed by atoms with van der Waals surface area (Å²) in [5.74, 6) is 0.556. The van der Waals surface area contributed by atoms with Gasteiger partial charge in [0.1, 0.15) is 0 Å². The van der Waals surface area contributed by atoms with E-state index in [0.717, 1.165) is 9.21 Å². The van der Waals surface area contributed by atoms with Gasteiger partial charge in [0.15, 0.2) is 0 Å². The molecule has 0 bridgehead atoms. The lowest BCUT2D eigenvalue weighted by molar-refractivity contribution is -0.0234. The van der Waals surface area contributed by atoms with Crippen LogP contribution in [0.15, 0.2) is 12.1 Å². The van der Waals surface area contributed by atoms with E-state index in [1.807, 2.05) is 12.1 Å². The third-order valence-corrected chi connectivity index (χ3v) is 4.03. The SMILES string of the molecule is COC(C(O)Cc1ccc(Cl)s1)C1CC1. The third kappa shape index (κ3) is 2.94. The first-order valence-corrected chi connectivity index (χ1v) is 6.35. The minimum Gasteiger partial charge on any atom is -0.390 e. The first-order valence-electron chi connectivity index (χ1n) is 5.16. The summed E-state index contributed by atoms with van der Waals surface area (Å²) in [4.78, 5) is 1.12. The van der Waals surface area contributed by atoms with Gasteiger partial charge in [-0.2, -0.15) is 0 Å². The lowest BCUT2D eigenvalue weighted by Gasteiger charge is -2.20. The number of methoxy groups -OCH3 is 1. The average Bonchev–Trinajstić information content (AvgIpc) is 2.93. The van der Waals surface area contributed by atoms with Crippen LogP contribution < -0.4 is 0 Å². The summed E-state index contributed by atoms with van der Waals surface area (Å²) in [6, 6.07) is 3.84. The second kappa shape index (κ2) is 4.83. The van der Waals surface area contributed by atoms with Crippen LogP contribution >= 0.6 is 22.9 Å². The minimum atomic E-state index is -0.405. The van der Waals surface area contributed by atoms with Crippen LogP contribution in [0.4, 0.5) is 0 Å². The van der Waals surface area contributed by atoms with Gasteiger partial charge in [-0.25, -0.2) is 0 Å². The highest BCUT2D eigenvalue weighted by atomic mass is 35.5. The predicted molar refractivity (Wildman–Crippen MR) is 62.6 cm³/mol. The molecule has 0 radical (unpaired) electrons. The molecule has 1 aromatic heterocycles. The van der Waals surface area contributed by atoms with E-state index >= 15 is 0 Å². The monoisotopic (exact) mass is 246 g/mol. The fourth-order valence-electron chi connectivity index (χ4n) is 1.87. The Labute approximate surface area is 98.8 Å². The molecule has 15 heavy (non-hydrogen) atoms. The third-order valence-electron chi connectivity index (χ3n) is 2.78. The molecular formula is C11H15ClO2S. The largest absolute Gasteiger partial charge is 0.390 e. The van der Waals surface area contributed by atoms with Crippen LogP contribution in [0.1, 0.15) is 17.7 Å². The molecule has 1 aromatic rings. The number of halogens is 1. The van der Waals surface area contributed by atoms with Crippen LogP contribution in [0.2, 0.25) is 4.34 Å². The Bertz CT molecular complexity index is 322. The number of ether oxygens (including phenoxy) is 1. The van der Waals surface area contributed by atoms with Crippen molar-refractivity contribution in [1.82, 2.24) is 0 Å². The first-order chi connectivity index (χ1) is 7.20. The molecule has 1 aliphatic carbocycles. The van der Waals surface area contributed by atoms with Crippen molar-refractivity contribution >= 4 is 22.9 Å². The van der Waals surface area contributed by atoms with Crippen molar-refractivity contribution < 1.29 is 9.84 Å². The molecule has 0 spiro atoms. The molecule has 4 heteroatoms. The summed E-state index contributed by atoms with van der Waals surface area (Å²) in [6.45, 7) is 0. The molecule has 1 aliphatic rings. The number of hydrogen-bond donors (Lipinski definition) is 1. The molecule has 0 aliphatic heterocycles. The quantitative estimate of drug-likeness (QED) is 0.866. The summed E-state index contributed by atoms with van der Waals surface area (Å²) < 4.78 is 6.11. The Morgan fingerprint density at radius 3 is 2.80 bits per heavy atom. The summed E-state index contributed by atoms with van der Waals surface area (Å²) >= 11 is 7.36. The van der Waals surface area contributed by atoms with E-state index in [1.165, 1.54) is 24.2 Å². The Balaban J connectivity index is 1.92. The van der Waals surface area contributed by atoms with E-state index in [0.29, 0.717) is 12.3 Å². The van der Waals surface area contributed by atoms with Gasteiger partial charge < -0.3 is 9.84 Å². The summed E-state index contributed by atoms with van der Waals surface area (Å²) in [5, 5.41) is 10.0. The van der Waals surface area contributed by atoms with Crippen LogP contribution in [0.5, 0.6) is 0 Å². The van der Waals surface area contributed by atoms with E-state index in [2.05, 4.69) is 0 Å². The van der Waals surface area contributed by atoms with Crippen LogP contribution in [-0.2, 0) is 11.2 Å². The van der Waals surface area contributed by atoms with Crippen molar-refractivity contribution in [1.29, 1.82) is 0 Å². The normalized spacial score (nSPS) is 20.2. The maximum Gasteiger partial charge on any atom is 0.0931 e. The van der Waals surface area contributed by atoms with Crippen molar-refractivity contribution in [2.45, 2.75) is 31.5 Å². The topological polar surface area (TPSA) is 29.5 Å². The number of thiophene rings is 1. The van der Waals surface area contributed by atoms with Crippen molar-refractivity contribution in [2.75, 3.05) is 7.11 Å². The van der Waals surface area contributed by atoms with Crippen LogP contribution in [0.3, 0.4) is 0 Å². The second-order valence-electron chi connectivity index (χ2n) is 4.02. The molecule has 1 N–H and O–H groups in total. The van der Waals surface area contributed by atoms with Crippen molar-refractivity contribution in [3.63, 3.8) is 0 Å². The van der Waals surface area contributed by atoms with Crippen molar-refractivity contribution in [3.8, 4) is 0 Å². The molecule has 2 atom stereocenters. The summed E-state index contributed by atoms with van der Waals surface area (Å²) in [6.07, 6.45) is 2.59. The van der Waals surface area contributed by atoms with E-state index in [4.69, 9.17) is 16.3 Å². The number of rotatable bonds is 5. The van der Waals surface area contributed by atoms with Gasteiger partial charge in [-0.15, -0.1) is 11.3 Å². The number of hydrogen-bond acceptors (Lipinski definition) is 3. The van der Waals surface area contributed by atoms with Crippen LogP contribution in [0, 0.1) is 5.92 Å². The summed E-state index contributed by atoms with van der Waals surface area (Å²) in [7, 11) is 1.67. The maximum absolute atomic E-state index is 10.0. The molecule has 2 rings (SSSR count). The molecule has 0 saturated heterocycles. The molecule has 1 saturated carbocycles. The van der Waals surface area contributed by atoms with Crippen LogP contribution in [-0.4, -0.2) is 24.4 Å². The zero-order valence-electron chi connectivity index (χ0n) is 8.65. The van der Waals surface area contributed by atoms with Gasteiger partial charge in [0, 0.05) is 18.4 Å². The standard InChI is InChI=1S/C11H15ClO2S/c1-14-11(7-2-3-7)9(13)6-8-4-5-10(12)15-8/h4-5,7,9,11,13H,2-3,6H2,1H3. The summed E-state index contributed by atoms with van der Waals surface area (Å²) in [5.41, 5.74) is 0. The van der Waals surface area contributed by atoms with Gasteiger partial charge in [-0.05, 0) is 30.9 Å². The van der Waals surface area contributed by atoms with E-state index in [1.54, 1.807) is 7.11 Å². The van der Waals surface area contributed by atoms with Gasteiger partial charge in [0.05, 0.1) is 16.5 Å². The molecule has 2 nitrogen and oxygen atoms in total. The Kier molecular flexibility index (Phi) is 3.67. The number of aliphatic hydroxyl groups is 1. The molecule has 0 aromatic carbocycles. The van der Waals surface area contributed by atoms with Gasteiger partial charge in [0.25, 0.3) is 0 Å². The highest BCUT2D eigenvalue weighted by Crippen LogP contribution is 2.36. The molecule has 1 heterocycles. The van der Waals surface area contributed by atoms with Crippen LogP contribution in [0.25, 0.3) is 0 Å². The van der Waals surface area contributed by atoms with Gasteiger partial charge in [-0.1, -0.05) is 11.6 Å². The van der Waals surface area contributed by atoms with Crippen molar-refractivity contribution in [2.24, 2.45) is 5.92 Å². The molecular weight excluding hydrogens is 232 g/mol. The maximum atomic E-state index is 10.0. The van der Waals surface area contributed by atoms with E-state index in [-0.39, 0.29) is 6.10 Å². The minimum absolute atomic E-state index is 0.00845. The Morgan fingerprint density at radius 1 is 1.60 bits per heavy atom. The lowest BCUT2D eigenvalue weighted by atomic mass is 10.1. The van der Waals surface area contributed by atoms with Gasteiger partial charge >= 0.3 is 0 Å². The highest BCUT2D eigenvalue weighted by Gasteiger charge is 2.36. The average molecular weight is 247 g/mol. The fraction of sp³-hybridized carbons (Fsp3) is 0.636. The second-order valence-corrected chi connectivity index (χ2v) is 5.81. The van der Waals surface area contributed by atoms with Gasteiger partial charge in [0.2, 0.25) is 0 Å². The van der Waals surface area contributed by atoms with E-state index in [9.17, 15) is 5.11 Å². The lowest BCUT2D eigenvalue weighted by Crippen LogP contribution is -2.31. The van der Waals surface area contributed by atoms with Crippen molar-refractivity contribution in [3.05, 3.63) is 21.3 Å². The highest BCUT2D eigenvalue weighted by molar-refractivity contribution is 7.16. The molecule has 84 valence electrons. The fourth-order valence-corrected chi connectivity index (χ4v) is 3.01.